The van der Waals surface area contributed by atoms with E-state index in [-0.39, 0.29) is 23.9 Å². The fraction of sp³-hybridized carbons (Fsp3) is 0.353. The predicted molar refractivity (Wildman–Crippen MR) is 92.6 cm³/mol. The number of nitrogens with zero attached hydrogens (tertiary/aromatic N) is 1. The molecule has 0 aliphatic rings. The molecule has 0 unspecified atom stereocenters. The van der Waals surface area contributed by atoms with Crippen LogP contribution in [-0.4, -0.2) is 47.0 Å². The van der Waals surface area contributed by atoms with E-state index >= 15 is 0 Å². The summed E-state index contributed by atoms with van der Waals surface area (Å²) in [5.41, 5.74) is 0.697. The van der Waals surface area contributed by atoms with E-state index in [1.54, 1.807) is 18.2 Å². The van der Waals surface area contributed by atoms with Gasteiger partial charge >= 0.3 is 5.97 Å². The van der Waals surface area contributed by atoms with Crippen LogP contribution in [0.4, 0.5) is 0 Å². The van der Waals surface area contributed by atoms with Gasteiger partial charge in [-0.05, 0) is 29.8 Å². The Kier molecular flexibility index (Phi) is 6.27. The first-order chi connectivity index (χ1) is 12.3. The monoisotopic (exact) mass is 383 g/mol. The van der Waals surface area contributed by atoms with Crippen molar-refractivity contribution in [2.45, 2.75) is 18.1 Å². The zero-order chi connectivity index (χ0) is 19.3. The number of rotatable bonds is 8. The van der Waals surface area contributed by atoms with Crippen molar-refractivity contribution in [2.24, 2.45) is 0 Å². The molecule has 0 amide bonds. The van der Waals surface area contributed by atoms with Gasteiger partial charge in [0.1, 0.15) is 12.4 Å². The second kappa shape index (κ2) is 8.24. The van der Waals surface area contributed by atoms with Gasteiger partial charge in [0.05, 0.1) is 20.6 Å². The topological polar surface area (TPSA) is 95.3 Å². The number of hydrogen-bond acceptors (Lipinski definition) is 7. The molecule has 2 rings (SSSR count). The Labute approximate surface area is 152 Å². The molecule has 1 heterocycles. The van der Waals surface area contributed by atoms with Crippen molar-refractivity contribution in [1.29, 1.82) is 0 Å². The Morgan fingerprint density at radius 2 is 1.77 bits per heavy atom. The Morgan fingerprint density at radius 1 is 1.08 bits per heavy atom. The molecule has 142 valence electrons. The van der Waals surface area contributed by atoms with Crippen LogP contribution in [0.25, 0.3) is 0 Å². The standard InChI is InChI=1S/C17H21NO7S/c1-18(2)26(20,21)17-8-6-13(25-17)11-24-16(19)10-12-5-7-14(22-3)15(9-12)23-4/h5-9H,10-11H2,1-4H3. The molecular formula is C17H21NO7S. The normalized spacial score (nSPS) is 11.4. The average molecular weight is 383 g/mol. The quantitative estimate of drug-likeness (QED) is 0.642. The van der Waals surface area contributed by atoms with Crippen LogP contribution < -0.4 is 9.47 Å². The van der Waals surface area contributed by atoms with Crippen molar-refractivity contribution < 1.29 is 31.8 Å². The number of hydrogen-bond donors (Lipinski definition) is 0. The van der Waals surface area contributed by atoms with Crippen molar-refractivity contribution in [3.05, 3.63) is 41.7 Å². The van der Waals surface area contributed by atoms with E-state index in [4.69, 9.17) is 18.6 Å². The van der Waals surface area contributed by atoms with Crippen LogP contribution in [0.15, 0.2) is 39.8 Å². The summed E-state index contributed by atoms with van der Waals surface area (Å²) >= 11 is 0. The maximum Gasteiger partial charge on any atom is 0.310 e. The minimum absolute atomic E-state index is 0.0317. The lowest BCUT2D eigenvalue weighted by molar-refractivity contribution is -0.144. The van der Waals surface area contributed by atoms with Crippen molar-refractivity contribution >= 4 is 16.0 Å². The Bertz CT molecular complexity index is 871. The van der Waals surface area contributed by atoms with E-state index in [9.17, 15) is 13.2 Å². The molecule has 0 N–H and O–H groups in total. The zero-order valence-corrected chi connectivity index (χ0v) is 15.8. The molecule has 26 heavy (non-hydrogen) atoms. The van der Waals surface area contributed by atoms with Gasteiger partial charge in [-0.1, -0.05) is 6.07 Å². The largest absolute Gasteiger partial charge is 0.493 e. The van der Waals surface area contributed by atoms with E-state index in [0.29, 0.717) is 17.1 Å². The number of ether oxygens (including phenoxy) is 3. The number of furan rings is 1. The van der Waals surface area contributed by atoms with Gasteiger partial charge in [0.25, 0.3) is 10.0 Å². The molecule has 0 saturated carbocycles. The van der Waals surface area contributed by atoms with Gasteiger partial charge in [-0.15, -0.1) is 0 Å². The number of methoxy groups -OCH3 is 2. The van der Waals surface area contributed by atoms with Crippen molar-refractivity contribution in [3.8, 4) is 11.5 Å². The summed E-state index contributed by atoms with van der Waals surface area (Å²) in [5.74, 6) is 0.842. The Balaban J connectivity index is 1.97. The first-order valence-corrected chi connectivity index (χ1v) is 9.09. The molecule has 1 aromatic heterocycles. The third-order valence-electron chi connectivity index (χ3n) is 3.54. The van der Waals surface area contributed by atoms with Crippen LogP contribution in [0, 0.1) is 0 Å². The molecule has 8 nitrogen and oxygen atoms in total. The molecular weight excluding hydrogens is 362 g/mol. The molecule has 9 heteroatoms. The molecule has 2 aromatic rings. The second-order valence-electron chi connectivity index (χ2n) is 5.53. The molecule has 0 aliphatic heterocycles. The van der Waals surface area contributed by atoms with Gasteiger partial charge in [0, 0.05) is 14.1 Å². The van der Waals surface area contributed by atoms with Gasteiger partial charge in [0.2, 0.25) is 5.09 Å². The lowest BCUT2D eigenvalue weighted by Gasteiger charge is -2.09. The van der Waals surface area contributed by atoms with Crippen LogP contribution in [0.5, 0.6) is 11.5 Å². The summed E-state index contributed by atoms with van der Waals surface area (Å²) in [4.78, 5) is 12.0. The highest BCUT2D eigenvalue weighted by atomic mass is 32.2. The second-order valence-corrected chi connectivity index (χ2v) is 7.62. The number of esters is 1. The van der Waals surface area contributed by atoms with E-state index < -0.39 is 16.0 Å². The van der Waals surface area contributed by atoms with Gasteiger partial charge < -0.3 is 18.6 Å². The van der Waals surface area contributed by atoms with E-state index in [2.05, 4.69) is 0 Å². The summed E-state index contributed by atoms with van der Waals surface area (Å²) < 4.78 is 45.6. The SMILES string of the molecule is COc1ccc(CC(=O)OCc2ccc(S(=O)(=O)N(C)C)o2)cc1OC. The highest BCUT2D eigenvalue weighted by Crippen LogP contribution is 2.27. The van der Waals surface area contributed by atoms with E-state index in [1.165, 1.54) is 40.4 Å². The predicted octanol–water partition coefficient (Wildman–Crippen LogP) is 1.83. The minimum Gasteiger partial charge on any atom is -0.493 e. The number of sulfonamides is 1. The van der Waals surface area contributed by atoms with Crippen LogP contribution in [0.1, 0.15) is 11.3 Å². The number of benzene rings is 1. The highest BCUT2D eigenvalue weighted by molar-refractivity contribution is 7.88. The summed E-state index contributed by atoms with van der Waals surface area (Å²) in [7, 11) is 2.19. The van der Waals surface area contributed by atoms with Gasteiger partial charge in [0.15, 0.2) is 11.5 Å². The molecule has 0 aliphatic carbocycles. The molecule has 0 atom stereocenters. The molecule has 0 bridgehead atoms. The molecule has 0 saturated heterocycles. The van der Waals surface area contributed by atoms with Gasteiger partial charge in [-0.25, -0.2) is 12.7 Å². The summed E-state index contributed by atoms with van der Waals surface area (Å²) in [6.45, 7) is -0.158. The van der Waals surface area contributed by atoms with Crippen LogP contribution >= 0.6 is 0 Å². The summed E-state index contributed by atoms with van der Waals surface area (Å²) in [6.07, 6.45) is 0.0317. The third-order valence-corrected chi connectivity index (χ3v) is 5.23. The molecule has 0 spiro atoms. The first-order valence-electron chi connectivity index (χ1n) is 7.65. The van der Waals surface area contributed by atoms with Crippen molar-refractivity contribution in [2.75, 3.05) is 28.3 Å². The minimum atomic E-state index is -3.66. The third kappa shape index (κ3) is 4.55. The Morgan fingerprint density at radius 3 is 2.38 bits per heavy atom. The zero-order valence-electron chi connectivity index (χ0n) is 15.0. The molecule has 1 aromatic carbocycles. The fourth-order valence-corrected chi connectivity index (χ4v) is 2.93. The smallest absolute Gasteiger partial charge is 0.310 e. The van der Waals surface area contributed by atoms with Crippen LogP contribution in [0.2, 0.25) is 0 Å². The Hall–Kier alpha value is -2.52. The lowest BCUT2D eigenvalue weighted by atomic mass is 10.1. The lowest BCUT2D eigenvalue weighted by Crippen LogP contribution is -2.21. The summed E-state index contributed by atoms with van der Waals surface area (Å²) in [5, 5.41) is -0.201. The van der Waals surface area contributed by atoms with Crippen molar-refractivity contribution in [1.82, 2.24) is 4.31 Å². The van der Waals surface area contributed by atoms with Crippen LogP contribution in [-0.2, 0) is 32.6 Å². The highest BCUT2D eigenvalue weighted by Gasteiger charge is 2.21. The van der Waals surface area contributed by atoms with Gasteiger partial charge in [-0.3, -0.25) is 4.79 Å². The van der Waals surface area contributed by atoms with E-state index in [0.717, 1.165) is 4.31 Å². The fourth-order valence-electron chi connectivity index (χ4n) is 2.11. The summed E-state index contributed by atoms with van der Waals surface area (Å²) in [6, 6.07) is 7.91. The average Bonchev–Trinajstić information content (AvgIpc) is 3.09. The maximum absolute atomic E-state index is 12.0. The molecule has 0 radical (unpaired) electrons. The van der Waals surface area contributed by atoms with Gasteiger partial charge in [-0.2, -0.15) is 0 Å². The maximum atomic E-state index is 12.0. The van der Waals surface area contributed by atoms with Crippen molar-refractivity contribution in [3.63, 3.8) is 0 Å². The number of carbonyl (C=O) groups excluding carboxylic acids is 1. The number of carbonyl (C=O) groups is 1. The molecule has 0 fully saturated rings. The van der Waals surface area contributed by atoms with Crippen LogP contribution in [0.3, 0.4) is 0 Å². The first kappa shape index (κ1) is 19.8. The van der Waals surface area contributed by atoms with E-state index in [1.807, 2.05) is 0 Å².